The highest BCUT2D eigenvalue weighted by Crippen LogP contribution is 2.39. The first-order valence-electron chi connectivity index (χ1n) is 9.60. The summed E-state index contributed by atoms with van der Waals surface area (Å²) in [7, 11) is 1.54. The minimum Gasteiger partial charge on any atom is -0.493 e. The summed E-state index contributed by atoms with van der Waals surface area (Å²) in [6.45, 7) is 3.39. The van der Waals surface area contributed by atoms with Crippen LogP contribution in [-0.4, -0.2) is 32.0 Å². The van der Waals surface area contributed by atoms with E-state index in [1.807, 2.05) is 6.07 Å². The van der Waals surface area contributed by atoms with Gasteiger partial charge in [0.05, 0.1) is 18.8 Å². The first kappa shape index (κ1) is 20.9. The smallest absolute Gasteiger partial charge is 0.344 e. The molecule has 6 nitrogen and oxygen atoms in total. The van der Waals surface area contributed by atoms with Gasteiger partial charge in [-0.05, 0) is 68.9 Å². The Kier molecular flexibility index (Phi) is 6.89. The van der Waals surface area contributed by atoms with Crippen molar-refractivity contribution in [3.63, 3.8) is 0 Å². The predicted octanol–water partition coefficient (Wildman–Crippen LogP) is 4.59. The summed E-state index contributed by atoms with van der Waals surface area (Å²) in [5, 5.41) is 10.3. The minimum atomic E-state index is -0.432. The number of esters is 1. The molecule has 29 heavy (non-hydrogen) atoms. The van der Waals surface area contributed by atoms with Crippen LogP contribution in [0.15, 0.2) is 23.2 Å². The fraction of sp³-hybridized carbons (Fsp3) is 0.409. The Hall–Kier alpha value is -2.85. The van der Waals surface area contributed by atoms with Gasteiger partial charge in [0, 0.05) is 11.1 Å². The van der Waals surface area contributed by atoms with Crippen molar-refractivity contribution in [2.45, 2.75) is 45.6 Å². The highest BCUT2D eigenvalue weighted by Gasteiger charge is 2.20. The summed E-state index contributed by atoms with van der Waals surface area (Å²) in [5.41, 5.74) is 2.69. The van der Waals surface area contributed by atoms with Gasteiger partial charge in [-0.1, -0.05) is 0 Å². The van der Waals surface area contributed by atoms with Crippen LogP contribution < -0.4 is 9.47 Å². The molecule has 1 aromatic carbocycles. The molecule has 0 bridgehead atoms. The Morgan fingerprint density at radius 3 is 2.83 bits per heavy atom. The first-order chi connectivity index (χ1) is 14.0. The lowest BCUT2D eigenvalue weighted by Crippen LogP contribution is -2.18. The van der Waals surface area contributed by atoms with Crippen LogP contribution in [0.3, 0.4) is 0 Å². The van der Waals surface area contributed by atoms with Crippen LogP contribution >= 0.6 is 11.3 Å². The summed E-state index contributed by atoms with van der Waals surface area (Å²) >= 11 is 1.61. The topological polar surface area (TPSA) is 80.9 Å². The van der Waals surface area contributed by atoms with Gasteiger partial charge in [-0.15, -0.1) is 11.3 Å². The molecule has 1 heterocycles. The third kappa shape index (κ3) is 5.15. The molecular formula is C22H24N2O4S. The maximum Gasteiger partial charge on any atom is 0.344 e. The fourth-order valence-corrected chi connectivity index (χ4v) is 4.39. The van der Waals surface area contributed by atoms with Crippen molar-refractivity contribution in [1.29, 1.82) is 5.26 Å². The van der Waals surface area contributed by atoms with E-state index in [2.05, 4.69) is 11.1 Å². The van der Waals surface area contributed by atoms with Gasteiger partial charge in [-0.3, -0.25) is 0 Å². The number of nitrogens with zero attached hydrogens (tertiary/aromatic N) is 2. The Bertz CT molecular complexity index is 956. The molecule has 0 fully saturated rings. The lowest BCUT2D eigenvalue weighted by molar-refractivity contribution is -0.149. The zero-order valence-corrected chi connectivity index (χ0v) is 17.7. The molecular weight excluding hydrogens is 388 g/mol. The predicted molar refractivity (Wildman–Crippen MR) is 113 cm³/mol. The summed E-state index contributed by atoms with van der Waals surface area (Å²) in [4.78, 5) is 17.5. The number of rotatable bonds is 7. The molecule has 0 unspecified atom stereocenters. The van der Waals surface area contributed by atoms with Crippen LogP contribution in [0.4, 0.5) is 5.00 Å². The van der Waals surface area contributed by atoms with Crippen LogP contribution in [0.1, 0.15) is 48.3 Å². The molecule has 1 aliphatic rings. The monoisotopic (exact) mass is 412 g/mol. The SMILES string of the molecule is COc1cc(C=Nc2sc3c(c2C#N)CCCC3)ccc1OCC(=O)OC(C)C. The minimum absolute atomic E-state index is 0.186. The van der Waals surface area contributed by atoms with E-state index in [9.17, 15) is 10.1 Å². The highest BCUT2D eigenvalue weighted by atomic mass is 32.1. The molecule has 152 valence electrons. The zero-order valence-electron chi connectivity index (χ0n) is 16.9. The first-order valence-corrected chi connectivity index (χ1v) is 10.4. The Morgan fingerprint density at radius 2 is 2.10 bits per heavy atom. The number of benzene rings is 1. The normalized spacial score (nSPS) is 13.2. The van der Waals surface area contributed by atoms with Gasteiger partial charge in [0.1, 0.15) is 11.1 Å². The van der Waals surface area contributed by atoms with Gasteiger partial charge < -0.3 is 14.2 Å². The number of aliphatic imine (C=N–C) groups is 1. The van der Waals surface area contributed by atoms with Crippen molar-refractivity contribution in [2.24, 2.45) is 4.99 Å². The standard InChI is InChI=1S/C22H24N2O4S/c1-14(2)28-21(25)13-27-18-9-8-15(10-19(18)26-3)12-24-22-17(11-23)16-6-4-5-7-20(16)29-22/h8-10,12,14H,4-7,13H2,1-3H3. The van der Waals surface area contributed by atoms with Crippen molar-refractivity contribution in [3.05, 3.63) is 39.8 Å². The molecule has 1 aromatic heterocycles. The number of aryl methyl sites for hydroxylation is 1. The van der Waals surface area contributed by atoms with Crippen molar-refractivity contribution in [3.8, 4) is 17.6 Å². The second-order valence-corrected chi connectivity index (χ2v) is 8.08. The van der Waals surface area contributed by atoms with Gasteiger partial charge in [0.15, 0.2) is 18.1 Å². The van der Waals surface area contributed by atoms with E-state index in [0.29, 0.717) is 17.1 Å². The molecule has 2 aromatic rings. The molecule has 0 saturated heterocycles. The lowest BCUT2D eigenvalue weighted by Gasteiger charge is -2.12. The second kappa shape index (κ2) is 9.57. The molecule has 0 spiro atoms. The van der Waals surface area contributed by atoms with Gasteiger partial charge >= 0.3 is 5.97 Å². The van der Waals surface area contributed by atoms with E-state index in [4.69, 9.17) is 14.2 Å². The van der Waals surface area contributed by atoms with Crippen LogP contribution in [0.5, 0.6) is 11.5 Å². The molecule has 1 aliphatic carbocycles. The Balaban J connectivity index is 1.74. The number of nitriles is 1. The summed E-state index contributed by atoms with van der Waals surface area (Å²) in [5.74, 6) is 0.519. The highest BCUT2D eigenvalue weighted by molar-refractivity contribution is 7.16. The van der Waals surface area contributed by atoms with Crippen molar-refractivity contribution < 1.29 is 19.0 Å². The van der Waals surface area contributed by atoms with Crippen molar-refractivity contribution in [1.82, 2.24) is 0 Å². The molecule has 7 heteroatoms. The number of hydrogen-bond donors (Lipinski definition) is 0. The number of ether oxygens (including phenoxy) is 3. The molecule has 0 aliphatic heterocycles. The molecule has 0 radical (unpaired) electrons. The number of fused-ring (bicyclic) bond motifs is 1. The summed E-state index contributed by atoms with van der Waals surface area (Å²) in [6, 6.07) is 7.66. The number of carbonyl (C=O) groups excluding carboxylic acids is 1. The molecule has 0 atom stereocenters. The van der Waals surface area contributed by atoms with Crippen molar-refractivity contribution >= 4 is 28.5 Å². The van der Waals surface area contributed by atoms with E-state index in [0.717, 1.165) is 29.8 Å². The van der Waals surface area contributed by atoms with Crippen molar-refractivity contribution in [2.75, 3.05) is 13.7 Å². The number of carbonyl (C=O) groups is 1. The lowest BCUT2D eigenvalue weighted by atomic mass is 9.96. The van der Waals surface area contributed by atoms with E-state index in [1.165, 1.54) is 24.0 Å². The number of hydrogen-bond acceptors (Lipinski definition) is 7. The van der Waals surface area contributed by atoms with E-state index >= 15 is 0 Å². The number of thiophene rings is 1. The maximum atomic E-state index is 11.7. The average Bonchev–Trinajstić information content (AvgIpc) is 3.07. The molecule has 0 saturated carbocycles. The molecule has 0 amide bonds. The van der Waals surface area contributed by atoms with E-state index in [1.54, 1.807) is 43.5 Å². The van der Waals surface area contributed by atoms with Crippen LogP contribution in [0, 0.1) is 11.3 Å². The summed E-state index contributed by atoms with van der Waals surface area (Å²) in [6.07, 6.45) is 5.83. The van der Waals surface area contributed by atoms with Crippen LogP contribution in [0.25, 0.3) is 0 Å². The van der Waals surface area contributed by atoms with Crippen LogP contribution in [0.2, 0.25) is 0 Å². The van der Waals surface area contributed by atoms with Gasteiger partial charge in [0.2, 0.25) is 0 Å². The second-order valence-electron chi connectivity index (χ2n) is 7.00. The average molecular weight is 413 g/mol. The Labute approximate surface area is 174 Å². The molecule has 3 rings (SSSR count). The van der Waals surface area contributed by atoms with E-state index in [-0.39, 0.29) is 12.7 Å². The largest absolute Gasteiger partial charge is 0.493 e. The number of methoxy groups -OCH3 is 1. The van der Waals surface area contributed by atoms with Gasteiger partial charge in [-0.2, -0.15) is 5.26 Å². The fourth-order valence-electron chi connectivity index (χ4n) is 3.21. The third-order valence-electron chi connectivity index (χ3n) is 4.50. The van der Waals surface area contributed by atoms with Gasteiger partial charge in [0.25, 0.3) is 0 Å². The van der Waals surface area contributed by atoms with Gasteiger partial charge in [-0.25, -0.2) is 9.79 Å². The zero-order chi connectivity index (χ0) is 20.8. The molecule has 0 N–H and O–H groups in total. The maximum absolute atomic E-state index is 11.7. The van der Waals surface area contributed by atoms with E-state index < -0.39 is 5.97 Å². The van der Waals surface area contributed by atoms with Crippen LogP contribution in [-0.2, 0) is 22.4 Å². The Morgan fingerprint density at radius 1 is 1.31 bits per heavy atom. The quantitative estimate of drug-likeness (QED) is 0.491. The third-order valence-corrected chi connectivity index (χ3v) is 5.70. The summed E-state index contributed by atoms with van der Waals surface area (Å²) < 4.78 is 16.0.